The summed E-state index contributed by atoms with van der Waals surface area (Å²) in [6.07, 6.45) is 3.36. The minimum atomic E-state index is 0.0625. The average Bonchev–Trinajstić information content (AvgIpc) is 3.13. The van der Waals surface area contributed by atoms with E-state index in [1.54, 1.807) is 0 Å². The number of fused-ring (bicyclic) bond motifs is 4. The maximum Gasteiger partial charge on any atom is 0.230 e. The first kappa shape index (κ1) is 23.1. The number of thiophene rings is 1. The van der Waals surface area contributed by atoms with Crippen LogP contribution in [0.15, 0.2) is 54.7 Å². The quantitative estimate of drug-likeness (QED) is 0.234. The Kier molecular flexibility index (Phi) is 5.56. The van der Waals surface area contributed by atoms with E-state index in [9.17, 15) is 0 Å². The van der Waals surface area contributed by atoms with E-state index < -0.39 is 0 Å². The van der Waals surface area contributed by atoms with Gasteiger partial charge in [0, 0.05) is 21.5 Å². The summed E-state index contributed by atoms with van der Waals surface area (Å²) in [5, 5.41) is 5.52. The molecule has 0 bridgehead atoms. The van der Waals surface area contributed by atoms with Gasteiger partial charge in [0.15, 0.2) is 6.20 Å². The molecular weight excluding hydrogens is 430 g/mol. The van der Waals surface area contributed by atoms with E-state index >= 15 is 0 Å². The first-order valence-corrected chi connectivity index (χ1v) is 13.3. The molecule has 0 aliphatic carbocycles. The zero-order valence-electron chi connectivity index (χ0n) is 21.8. The number of hydrogen-bond acceptors (Lipinski definition) is 1. The molecule has 0 saturated heterocycles. The molecule has 0 unspecified atom stereocenters. The summed E-state index contributed by atoms with van der Waals surface area (Å²) in [5.41, 5.74) is 8.33. The van der Waals surface area contributed by atoms with Crippen molar-refractivity contribution in [1.82, 2.24) is 0 Å². The van der Waals surface area contributed by atoms with E-state index in [-0.39, 0.29) is 5.41 Å². The van der Waals surface area contributed by atoms with Crippen molar-refractivity contribution in [2.45, 2.75) is 60.3 Å². The number of nitrogens with zero attached hydrogens (tertiary/aromatic N) is 1. The molecule has 0 spiro atoms. The van der Waals surface area contributed by atoms with Gasteiger partial charge in [-0.1, -0.05) is 76.6 Å². The zero-order valence-corrected chi connectivity index (χ0v) is 22.7. The summed E-state index contributed by atoms with van der Waals surface area (Å²) in [4.78, 5) is 0. The summed E-state index contributed by atoms with van der Waals surface area (Å²) in [6.45, 7) is 16.1. The third-order valence-corrected chi connectivity index (χ3v) is 8.42. The first-order valence-electron chi connectivity index (χ1n) is 12.4. The minimum absolute atomic E-state index is 0.0625. The van der Waals surface area contributed by atoms with Gasteiger partial charge in [0.2, 0.25) is 5.69 Å². The van der Waals surface area contributed by atoms with Gasteiger partial charge >= 0.3 is 0 Å². The number of benzene rings is 3. The van der Waals surface area contributed by atoms with E-state index in [1.165, 1.54) is 64.5 Å². The number of pyridine rings is 1. The van der Waals surface area contributed by atoms with Gasteiger partial charge in [-0.05, 0) is 65.1 Å². The second-order valence-corrected chi connectivity index (χ2v) is 12.4. The zero-order chi connectivity index (χ0) is 24.4. The Morgan fingerprint density at radius 3 is 2.29 bits per heavy atom. The third kappa shape index (κ3) is 3.73. The van der Waals surface area contributed by atoms with Crippen LogP contribution in [-0.2, 0) is 18.9 Å². The van der Waals surface area contributed by atoms with Crippen LogP contribution in [0.3, 0.4) is 0 Å². The molecule has 0 N–H and O–H groups in total. The lowest BCUT2D eigenvalue weighted by atomic mass is 9.80. The monoisotopic (exact) mass is 466 g/mol. The molecule has 0 fully saturated rings. The fourth-order valence-corrected chi connectivity index (χ4v) is 6.83. The maximum absolute atomic E-state index is 2.47. The van der Waals surface area contributed by atoms with Crippen molar-refractivity contribution in [3.63, 3.8) is 0 Å². The largest absolute Gasteiger partial charge is 0.230 e. The van der Waals surface area contributed by atoms with Crippen LogP contribution < -0.4 is 4.57 Å². The summed E-state index contributed by atoms with van der Waals surface area (Å²) in [7, 11) is 2.20. The lowest BCUT2D eigenvalue weighted by Crippen LogP contribution is -2.30. The predicted octanol–water partition coefficient (Wildman–Crippen LogP) is 8.81. The molecule has 0 amide bonds. The Bertz CT molecular complexity index is 1560. The molecule has 3 aromatic carbocycles. The van der Waals surface area contributed by atoms with Crippen LogP contribution in [0.25, 0.3) is 42.2 Å². The van der Waals surface area contributed by atoms with Crippen molar-refractivity contribution in [2.75, 3.05) is 0 Å². The van der Waals surface area contributed by atoms with Gasteiger partial charge < -0.3 is 0 Å². The summed E-state index contributed by atoms with van der Waals surface area (Å²) in [6, 6.07) is 18.6. The molecule has 0 radical (unpaired) electrons. The van der Waals surface area contributed by atoms with E-state index in [0.717, 1.165) is 6.42 Å². The fourth-order valence-electron chi connectivity index (χ4n) is 5.42. The van der Waals surface area contributed by atoms with Crippen molar-refractivity contribution in [2.24, 2.45) is 13.0 Å². The molecule has 174 valence electrons. The van der Waals surface area contributed by atoms with Gasteiger partial charge in [-0.2, -0.15) is 4.57 Å². The van der Waals surface area contributed by atoms with Crippen LogP contribution in [-0.4, -0.2) is 0 Å². The molecule has 34 heavy (non-hydrogen) atoms. The Labute approximate surface area is 208 Å². The molecule has 2 aromatic heterocycles. The van der Waals surface area contributed by atoms with Gasteiger partial charge in [-0.3, -0.25) is 0 Å². The number of aryl methyl sites for hydroxylation is 3. The lowest BCUT2D eigenvalue weighted by molar-refractivity contribution is -0.659. The van der Waals surface area contributed by atoms with Gasteiger partial charge in [0.05, 0.1) is 5.56 Å². The smallest absolute Gasteiger partial charge is 0.200 e. The van der Waals surface area contributed by atoms with Crippen LogP contribution >= 0.6 is 11.3 Å². The maximum atomic E-state index is 2.47. The summed E-state index contributed by atoms with van der Waals surface area (Å²) < 4.78 is 5.17. The molecule has 0 atom stereocenters. The standard InChI is InChI=1S/C32H36NS/c1-19(2)16-22-10-9-11-24-25-14-15-33(8)29(31(25)34-30(22)24)27-18-28(32(5,6)7)23-13-12-20(3)17-26(23)21(27)4/h9-15,17-19H,16H2,1-8H3/q+1. The topological polar surface area (TPSA) is 3.88 Å². The first-order chi connectivity index (χ1) is 16.1. The Hall–Kier alpha value is -2.71. The van der Waals surface area contributed by atoms with Crippen molar-refractivity contribution in [3.05, 3.63) is 77.0 Å². The van der Waals surface area contributed by atoms with Gasteiger partial charge in [0.25, 0.3) is 0 Å². The van der Waals surface area contributed by atoms with E-state index in [1.807, 2.05) is 11.3 Å². The van der Waals surface area contributed by atoms with Crippen LogP contribution in [0, 0.1) is 19.8 Å². The number of aromatic nitrogens is 1. The second-order valence-electron chi connectivity index (χ2n) is 11.4. The number of rotatable bonds is 3. The molecule has 5 rings (SSSR count). The van der Waals surface area contributed by atoms with Crippen molar-refractivity contribution < 1.29 is 4.57 Å². The minimum Gasteiger partial charge on any atom is -0.200 e. The molecule has 2 heterocycles. The van der Waals surface area contributed by atoms with E-state index in [2.05, 4.69) is 115 Å². The highest BCUT2D eigenvalue weighted by Gasteiger charge is 2.26. The second kappa shape index (κ2) is 8.20. The van der Waals surface area contributed by atoms with Crippen LogP contribution in [0.1, 0.15) is 56.9 Å². The van der Waals surface area contributed by atoms with Gasteiger partial charge in [0.1, 0.15) is 11.7 Å². The predicted molar refractivity (Wildman–Crippen MR) is 150 cm³/mol. The molecule has 5 aromatic rings. The highest BCUT2D eigenvalue weighted by Crippen LogP contribution is 2.43. The van der Waals surface area contributed by atoms with Crippen molar-refractivity contribution in [3.8, 4) is 11.3 Å². The fraction of sp³-hybridized carbons (Fsp3) is 0.344. The van der Waals surface area contributed by atoms with Crippen molar-refractivity contribution >= 4 is 42.3 Å². The van der Waals surface area contributed by atoms with Gasteiger partial charge in [-0.25, -0.2) is 0 Å². The molecule has 2 heteroatoms. The molecule has 0 saturated carbocycles. The Morgan fingerprint density at radius 2 is 1.59 bits per heavy atom. The molecular formula is C32H36NS+. The summed E-state index contributed by atoms with van der Waals surface area (Å²) >= 11 is 1.98. The Morgan fingerprint density at radius 1 is 0.853 bits per heavy atom. The van der Waals surface area contributed by atoms with Crippen LogP contribution in [0.5, 0.6) is 0 Å². The van der Waals surface area contributed by atoms with Crippen LogP contribution in [0.2, 0.25) is 0 Å². The average molecular weight is 467 g/mol. The van der Waals surface area contributed by atoms with E-state index in [0.29, 0.717) is 5.92 Å². The normalized spacial score (nSPS) is 12.5. The van der Waals surface area contributed by atoms with Crippen molar-refractivity contribution in [1.29, 1.82) is 0 Å². The van der Waals surface area contributed by atoms with Gasteiger partial charge in [-0.15, -0.1) is 11.3 Å². The molecule has 0 aliphatic heterocycles. The molecule has 1 nitrogen and oxygen atoms in total. The Balaban J connectivity index is 1.90. The highest BCUT2D eigenvalue weighted by atomic mass is 32.1. The lowest BCUT2D eigenvalue weighted by Gasteiger charge is -2.24. The highest BCUT2D eigenvalue weighted by molar-refractivity contribution is 7.26. The molecule has 0 aliphatic rings. The summed E-state index contributed by atoms with van der Waals surface area (Å²) in [5.74, 6) is 0.645. The van der Waals surface area contributed by atoms with E-state index in [4.69, 9.17) is 0 Å². The SMILES string of the molecule is Cc1ccc2c(C(C)(C)C)cc(-c3c4sc5c(CC(C)C)cccc5c4cc[n+]3C)c(C)c2c1. The van der Waals surface area contributed by atoms with Crippen LogP contribution in [0.4, 0.5) is 0 Å². The number of hydrogen-bond donors (Lipinski definition) is 0. The third-order valence-electron chi connectivity index (χ3n) is 7.12.